The van der Waals surface area contributed by atoms with Gasteiger partial charge in [0.15, 0.2) is 0 Å². The summed E-state index contributed by atoms with van der Waals surface area (Å²) in [6.07, 6.45) is 6.65. The van der Waals surface area contributed by atoms with Crippen molar-refractivity contribution < 1.29 is 4.79 Å². The van der Waals surface area contributed by atoms with E-state index in [1.54, 1.807) is 0 Å². The monoisotopic (exact) mass is 492 g/mol. The van der Waals surface area contributed by atoms with Gasteiger partial charge in [-0.25, -0.2) is 4.79 Å². The van der Waals surface area contributed by atoms with Crippen molar-refractivity contribution in [2.45, 2.75) is 89.8 Å². The van der Waals surface area contributed by atoms with E-state index in [4.69, 9.17) is 0 Å². The summed E-state index contributed by atoms with van der Waals surface area (Å²) in [5.41, 5.74) is -0.424. The number of likely N-dealkylation sites (tertiary alicyclic amines) is 1. The molecule has 0 unspecified atom stereocenters. The molecule has 2 aromatic rings. The average Bonchev–Trinajstić information content (AvgIpc) is 2.84. The van der Waals surface area contributed by atoms with Crippen LogP contribution in [0.2, 0.25) is 0 Å². The molecule has 1 aliphatic carbocycles. The molecule has 1 saturated heterocycles. The lowest BCUT2D eigenvalue weighted by molar-refractivity contribution is -0.124. The van der Waals surface area contributed by atoms with E-state index in [1.807, 2.05) is 28.8 Å². The van der Waals surface area contributed by atoms with Crippen molar-refractivity contribution in [3.05, 3.63) is 34.7 Å². The fourth-order valence-electron chi connectivity index (χ4n) is 5.64. The molecule has 1 aromatic carbocycles. The molecule has 0 radical (unpaired) electrons. The van der Waals surface area contributed by atoms with Gasteiger partial charge in [0.1, 0.15) is 17.4 Å². The molecule has 1 atom stereocenters. The Bertz CT molecular complexity index is 1180. The number of nitrogens with zero attached hydrogens (tertiary/aromatic N) is 4. The van der Waals surface area contributed by atoms with Crippen LogP contribution in [0.5, 0.6) is 0 Å². The van der Waals surface area contributed by atoms with Crippen LogP contribution in [0.25, 0.3) is 10.9 Å². The van der Waals surface area contributed by atoms with E-state index in [-0.39, 0.29) is 23.1 Å². The second kappa shape index (κ2) is 10.6. The minimum Gasteiger partial charge on any atom is -0.358 e. The van der Waals surface area contributed by atoms with Crippen LogP contribution in [0, 0.1) is 16.7 Å². The zero-order chi connectivity index (χ0) is 25.9. The third kappa shape index (κ3) is 5.89. The van der Waals surface area contributed by atoms with E-state index in [1.165, 1.54) is 0 Å². The maximum Gasteiger partial charge on any atom is 0.350 e. The lowest BCUT2D eigenvalue weighted by Gasteiger charge is -2.35. The molecule has 1 saturated carbocycles. The maximum absolute atomic E-state index is 13.6. The molecule has 2 aliphatic rings. The quantitative estimate of drug-likeness (QED) is 0.626. The van der Waals surface area contributed by atoms with Crippen LogP contribution in [0.4, 0.5) is 5.82 Å². The normalized spacial score (nSPS) is 20.0. The molecule has 8 heteroatoms. The first-order valence-electron chi connectivity index (χ1n) is 13.3. The van der Waals surface area contributed by atoms with E-state index < -0.39 is 11.6 Å². The summed E-state index contributed by atoms with van der Waals surface area (Å²) >= 11 is 0. The Kier molecular flexibility index (Phi) is 7.70. The summed E-state index contributed by atoms with van der Waals surface area (Å²) in [4.78, 5) is 33.7. The molecule has 2 fully saturated rings. The van der Waals surface area contributed by atoms with Crippen LogP contribution in [0.1, 0.15) is 78.2 Å². The summed E-state index contributed by atoms with van der Waals surface area (Å²) in [5, 5.41) is 17.1. The lowest BCUT2D eigenvalue weighted by Crippen LogP contribution is -2.54. The van der Waals surface area contributed by atoms with Crippen LogP contribution in [-0.2, 0) is 4.79 Å². The summed E-state index contributed by atoms with van der Waals surface area (Å²) in [6.45, 7) is 8.14. The number of hydrogen-bond acceptors (Lipinski definition) is 6. The summed E-state index contributed by atoms with van der Waals surface area (Å²) < 4.78 is 1.83. The van der Waals surface area contributed by atoms with Gasteiger partial charge >= 0.3 is 5.69 Å². The number of nitriles is 1. The molecule has 2 heterocycles. The van der Waals surface area contributed by atoms with E-state index >= 15 is 0 Å². The van der Waals surface area contributed by atoms with Gasteiger partial charge in [-0.3, -0.25) is 9.36 Å². The van der Waals surface area contributed by atoms with E-state index in [0.29, 0.717) is 25.1 Å². The average molecular weight is 493 g/mol. The first-order chi connectivity index (χ1) is 17.1. The number of carbonyl (C=O) groups is 1. The van der Waals surface area contributed by atoms with Crippen LogP contribution >= 0.6 is 0 Å². The third-order valence-electron chi connectivity index (χ3n) is 7.61. The van der Waals surface area contributed by atoms with Crippen molar-refractivity contribution >= 4 is 22.6 Å². The predicted molar refractivity (Wildman–Crippen MR) is 143 cm³/mol. The van der Waals surface area contributed by atoms with Crippen molar-refractivity contribution in [3.8, 4) is 6.07 Å². The van der Waals surface area contributed by atoms with Gasteiger partial charge in [-0.05, 0) is 69.8 Å². The van der Waals surface area contributed by atoms with Gasteiger partial charge in [-0.15, -0.1) is 0 Å². The van der Waals surface area contributed by atoms with E-state index in [2.05, 4.69) is 54.4 Å². The predicted octanol–water partition coefficient (Wildman–Crippen LogP) is 4.22. The number of fused-ring (bicyclic) bond motifs is 1. The minimum absolute atomic E-state index is 0.107. The molecule has 194 valence electrons. The lowest BCUT2D eigenvalue weighted by atomic mass is 9.82. The van der Waals surface area contributed by atoms with Crippen molar-refractivity contribution in [1.29, 1.82) is 5.26 Å². The first kappa shape index (κ1) is 26.2. The summed E-state index contributed by atoms with van der Waals surface area (Å²) in [7, 11) is 2.10. The molecular formula is C28H40N6O2. The number of rotatable bonds is 6. The number of piperidine rings is 1. The fraction of sp³-hybridized carbons (Fsp3) is 0.643. The first-order valence-corrected chi connectivity index (χ1v) is 13.3. The second-order valence-corrected chi connectivity index (χ2v) is 11.9. The standard InChI is InChI=1S/C28H40N6O2/c1-27(2,3)18-22(25(35)32-28(19-29)14-8-5-9-15-28)30-24-21-10-6-7-11-23(21)34(26(36)31-24)20-12-16-33(4)17-13-20/h6-7,10-11,20,22H,5,8-9,12-18H2,1-4H3,(H,32,35)(H,30,31,36)/t22-/m0/s1. The third-order valence-corrected chi connectivity index (χ3v) is 7.61. The van der Waals surface area contributed by atoms with Gasteiger partial charge in [0.05, 0.1) is 11.6 Å². The van der Waals surface area contributed by atoms with Gasteiger partial charge < -0.3 is 15.5 Å². The Labute approximate surface area is 214 Å². The number of amides is 1. The number of hydrogen-bond donors (Lipinski definition) is 2. The van der Waals surface area contributed by atoms with E-state index in [0.717, 1.165) is 56.1 Å². The Morgan fingerprint density at radius 3 is 2.50 bits per heavy atom. The molecule has 1 aliphatic heterocycles. The maximum atomic E-state index is 13.6. The zero-order valence-corrected chi connectivity index (χ0v) is 22.1. The van der Waals surface area contributed by atoms with Crippen molar-refractivity contribution in [1.82, 2.24) is 19.8 Å². The van der Waals surface area contributed by atoms with Crippen molar-refractivity contribution in [2.24, 2.45) is 5.41 Å². The smallest absolute Gasteiger partial charge is 0.350 e. The summed E-state index contributed by atoms with van der Waals surface area (Å²) in [6, 6.07) is 9.67. The summed E-state index contributed by atoms with van der Waals surface area (Å²) in [5.74, 6) is 0.220. The van der Waals surface area contributed by atoms with Gasteiger partial charge in [-0.1, -0.05) is 52.2 Å². The largest absolute Gasteiger partial charge is 0.358 e. The number of para-hydroxylation sites is 1. The molecule has 4 rings (SSSR count). The highest BCUT2D eigenvalue weighted by Crippen LogP contribution is 2.31. The number of benzene rings is 1. The minimum atomic E-state index is -0.819. The Morgan fingerprint density at radius 2 is 1.86 bits per heavy atom. The molecular weight excluding hydrogens is 452 g/mol. The van der Waals surface area contributed by atoms with Crippen LogP contribution in [0.3, 0.4) is 0 Å². The van der Waals surface area contributed by atoms with Crippen molar-refractivity contribution in [2.75, 3.05) is 25.5 Å². The highest BCUT2D eigenvalue weighted by atomic mass is 16.2. The van der Waals surface area contributed by atoms with Gasteiger partial charge in [-0.2, -0.15) is 10.2 Å². The molecule has 1 aromatic heterocycles. The molecule has 2 N–H and O–H groups in total. The molecule has 1 amide bonds. The number of carbonyl (C=O) groups excluding carboxylic acids is 1. The van der Waals surface area contributed by atoms with Gasteiger partial charge in [0.2, 0.25) is 5.91 Å². The van der Waals surface area contributed by atoms with E-state index in [9.17, 15) is 14.9 Å². The van der Waals surface area contributed by atoms with Gasteiger partial charge in [0.25, 0.3) is 0 Å². The van der Waals surface area contributed by atoms with Gasteiger partial charge in [0, 0.05) is 11.4 Å². The van der Waals surface area contributed by atoms with Crippen LogP contribution in [-0.4, -0.2) is 52.1 Å². The number of nitrogens with one attached hydrogen (secondary N) is 2. The number of anilines is 1. The Hall–Kier alpha value is -2.92. The Morgan fingerprint density at radius 1 is 1.19 bits per heavy atom. The number of aromatic nitrogens is 2. The SMILES string of the molecule is CN1CCC(n2c(=O)nc(N[C@@H](CC(C)(C)C)C(=O)NC3(C#N)CCCCC3)c3ccccc32)CC1. The highest BCUT2D eigenvalue weighted by molar-refractivity contribution is 5.92. The van der Waals surface area contributed by atoms with Crippen LogP contribution in [0.15, 0.2) is 29.1 Å². The molecule has 36 heavy (non-hydrogen) atoms. The fourth-order valence-corrected chi connectivity index (χ4v) is 5.64. The highest BCUT2D eigenvalue weighted by Gasteiger charge is 2.37. The topological polar surface area (TPSA) is 103 Å². The van der Waals surface area contributed by atoms with Crippen LogP contribution < -0.4 is 16.3 Å². The molecule has 8 nitrogen and oxygen atoms in total. The van der Waals surface area contributed by atoms with Crippen molar-refractivity contribution in [3.63, 3.8) is 0 Å². The molecule has 0 spiro atoms. The zero-order valence-electron chi connectivity index (χ0n) is 22.1. The Balaban J connectivity index is 1.67. The molecule has 0 bridgehead atoms. The second-order valence-electron chi connectivity index (χ2n) is 11.9.